The van der Waals surface area contributed by atoms with E-state index in [-0.39, 0.29) is 98.6 Å². The number of alkyl halides is 2. The number of thiophene rings is 1. The van der Waals surface area contributed by atoms with Crippen LogP contribution in [0.3, 0.4) is 0 Å². The van der Waals surface area contributed by atoms with Gasteiger partial charge in [0.1, 0.15) is 51.5 Å². The lowest BCUT2D eigenvalue weighted by Gasteiger charge is -2.60. The minimum Gasteiger partial charge on any atom is -0.507 e. The average Bonchev–Trinajstić information content (AvgIpc) is 0.992. The third-order valence-corrected chi connectivity index (χ3v) is 35.0. The van der Waals surface area contributed by atoms with Crippen LogP contribution in [0.2, 0.25) is 0 Å². The fourth-order valence-corrected chi connectivity index (χ4v) is 24.0. The van der Waals surface area contributed by atoms with E-state index in [2.05, 4.69) is 107 Å². The Morgan fingerprint density at radius 2 is 0.934 bits per heavy atom. The molecule has 6 aromatic carbocycles. The topological polar surface area (TPSA) is 223 Å². The third kappa shape index (κ3) is 25.3. The average molecular weight is 1900 g/mol. The van der Waals surface area contributed by atoms with Gasteiger partial charge < -0.3 is 47.7 Å². The number of phenolic OH excluding ortho intramolecular Hbond substituents is 1. The molecule has 10 atom stereocenters. The molecule has 2 heterocycles. The van der Waals surface area contributed by atoms with Crippen LogP contribution in [-0.4, -0.2) is 93.0 Å². The molecule has 10 aliphatic rings. The molecule has 1 aromatic heterocycles. The van der Waals surface area contributed by atoms with Gasteiger partial charge in [-0.1, -0.05) is 128 Å². The van der Waals surface area contributed by atoms with Gasteiger partial charge in [0.25, 0.3) is 5.92 Å². The van der Waals surface area contributed by atoms with Crippen molar-refractivity contribution in [2.75, 3.05) is 0 Å². The highest BCUT2D eigenvalue weighted by atomic mass is 32.2. The summed E-state index contributed by atoms with van der Waals surface area (Å²) in [6.45, 7) is 44.7. The maximum Gasteiger partial charge on any atom is 0.316 e. The van der Waals surface area contributed by atoms with Crippen LogP contribution in [0.4, 0.5) is 8.78 Å². The van der Waals surface area contributed by atoms with Gasteiger partial charge in [0.2, 0.25) is 0 Å². The van der Waals surface area contributed by atoms with Gasteiger partial charge in [0, 0.05) is 40.5 Å². The molecule has 0 amide bonds. The lowest BCUT2D eigenvalue weighted by Crippen LogP contribution is -2.61. The van der Waals surface area contributed by atoms with Crippen molar-refractivity contribution in [1.29, 1.82) is 0 Å². The first-order valence-electron chi connectivity index (χ1n) is 51.1. The molecular formula is C116H161F2O17S+. The molecule has 9 aliphatic carbocycles. The molecular weight excluding hydrogens is 1740 g/mol. The van der Waals surface area contributed by atoms with E-state index in [4.69, 9.17) is 42.6 Å². The number of halogens is 2. The minimum absolute atomic E-state index is 0.0314. The number of fused-ring (bicyclic) bond motifs is 8. The van der Waals surface area contributed by atoms with Crippen LogP contribution in [0.5, 0.6) is 23.0 Å². The molecule has 9 saturated carbocycles. The Bertz CT molecular complexity index is 5100. The second-order valence-corrected chi connectivity index (χ2v) is 47.4. The van der Waals surface area contributed by atoms with Crippen LogP contribution >= 0.6 is 10.5 Å². The van der Waals surface area contributed by atoms with Crippen LogP contribution in [-0.2, 0) is 62.0 Å². The summed E-state index contributed by atoms with van der Waals surface area (Å²) in [7, 11) is 0.0594. The SMILES string of the molecule is CCC(C)(C)C(=O)OC(c1ccc(OC2(C)CCCCC2)cc1)c1ccc(OC2(C)CCCCC2)cc1.CCC(C)(C)C(=O)OC1(C)CC(=O)OC1C.CCC(C)(C)C(=O)OC1(CC)CC2CC1C1CCCC21.CCC(C)(C)C(=O)OC12CC3CC(C1)CC(C(=O)OC(C)C(C)(F)F)(C3)C2.CCC(C)(C)C(=O)Oc1cc(C)c(O)c(C)c1.c1ccc(-[s+]2c3ccccc3c3ccccc32)cc1. The smallest absolute Gasteiger partial charge is 0.316 e. The first-order chi connectivity index (χ1) is 63.8. The Kier molecular flexibility index (Phi) is 34.3. The summed E-state index contributed by atoms with van der Waals surface area (Å²) in [5, 5.41) is 12.4. The van der Waals surface area contributed by atoms with E-state index in [1.54, 1.807) is 39.8 Å². The zero-order valence-corrected chi connectivity index (χ0v) is 87.2. The summed E-state index contributed by atoms with van der Waals surface area (Å²) < 4.78 is 82.2. The summed E-state index contributed by atoms with van der Waals surface area (Å²) in [5.41, 5.74) is -1.74. The second-order valence-electron chi connectivity index (χ2n) is 45.4. The minimum atomic E-state index is -3.08. The van der Waals surface area contributed by atoms with Gasteiger partial charge in [0.15, 0.2) is 32.1 Å². The zero-order chi connectivity index (χ0) is 99.7. The lowest BCUT2D eigenvalue weighted by molar-refractivity contribution is -0.224. The van der Waals surface area contributed by atoms with Crippen LogP contribution in [0, 0.1) is 81.8 Å². The van der Waals surface area contributed by atoms with E-state index in [1.165, 1.54) is 96.2 Å². The summed E-state index contributed by atoms with van der Waals surface area (Å²) >= 11 is 0. The van der Waals surface area contributed by atoms with Crippen LogP contribution in [0.25, 0.3) is 25.1 Å². The standard InChI is InChI=1S/C33H46O4.C21H32F2O4.C18H30O2.C18H13S.C14H20O3.C12H20O4/c1-6-31(2,3)30(34)35-29(25-13-17-27(18-14-25)36-32(4)21-9-7-10-22-32)26-15-19-28(20-16-26)37-33(5)23-11-8-12-24-33;1-6-18(3,4)16(24)27-21-10-14-7-15(11-21)9-20(8-14,12-21)17(25)26-13(2)19(5,22)23;1-5-17(3,4)16(19)20-18(6-2)11-12-10-15(18)14-9-7-8-13(12)14;1-2-8-14(9-3-1)19-17-12-6-4-10-15(17)16-11-5-7-13-18(16)19;1-6-14(4,5)13(16)17-11-7-9(2)12(15)10(3)8-11;1-6-11(3,4)10(14)16-12(5)7-9(13)15-8(12)2/h13-20,29H,6-12,21-24H2,1-5H3;13-15H,6-12H2,1-5H3;12-15H,5-11H2,1-4H3;1-13H;7-8,15H,6H2,1-5H3;8H,6-7H2,1-5H3/q;;;+1;;. The molecule has 6 bridgehead atoms. The Labute approximate surface area is 813 Å². The molecule has 746 valence electrons. The first-order valence-corrected chi connectivity index (χ1v) is 52.3. The molecule has 0 spiro atoms. The third-order valence-electron chi connectivity index (χ3n) is 32.7. The molecule has 1 N–H and O–H groups in total. The number of aromatic hydroxyl groups is 1. The van der Waals surface area contributed by atoms with Gasteiger partial charge in [-0.3, -0.25) is 33.6 Å². The van der Waals surface area contributed by atoms with Gasteiger partial charge in [-0.05, 0) is 390 Å². The van der Waals surface area contributed by atoms with Gasteiger partial charge in [-0.25, -0.2) is 8.78 Å². The number of rotatable bonds is 26. The Hall–Kier alpha value is -8.91. The van der Waals surface area contributed by atoms with Crippen LogP contribution in [0.15, 0.2) is 140 Å². The van der Waals surface area contributed by atoms with Crippen molar-refractivity contribution >= 4 is 72.4 Å². The molecule has 10 fully saturated rings. The molecule has 17 rings (SSSR count). The molecule has 20 heteroatoms. The first kappa shape index (κ1) is 108. The summed E-state index contributed by atoms with van der Waals surface area (Å²) in [4.78, 5) is 87.7. The van der Waals surface area contributed by atoms with Crippen molar-refractivity contribution in [1.82, 2.24) is 0 Å². The quantitative estimate of drug-likeness (QED) is 0.0230. The van der Waals surface area contributed by atoms with E-state index in [0.717, 1.165) is 124 Å². The molecule has 0 radical (unpaired) electrons. The maximum absolute atomic E-state index is 13.5. The number of aryl methyl sites for hydroxylation is 2. The number of hydrogen-bond acceptors (Lipinski definition) is 17. The zero-order valence-electron chi connectivity index (χ0n) is 86.4. The van der Waals surface area contributed by atoms with E-state index < -0.39 is 62.4 Å². The molecule has 1 saturated heterocycles. The van der Waals surface area contributed by atoms with Gasteiger partial charge in [-0.2, -0.15) is 0 Å². The maximum atomic E-state index is 13.5. The highest BCUT2D eigenvalue weighted by Crippen LogP contribution is 2.66. The molecule has 17 nitrogen and oxygen atoms in total. The number of carbonyl (C=O) groups is 7. The van der Waals surface area contributed by atoms with Gasteiger partial charge in [-0.15, -0.1) is 0 Å². The Morgan fingerprint density at radius 3 is 1.38 bits per heavy atom. The van der Waals surface area contributed by atoms with Gasteiger partial charge in [0.05, 0.1) is 38.9 Å². The fraction of sp³-hybridized carbons (Fsp3) is 0.629. The van der Waals surface area contributed by atoms with Crippen molar-refractivity contribution in [2.45, 2.75) is 398 Å². The number of cyclic esters (lactones) is 1. The molecule has 136 heavy (non-hydrogen) atoms. The van der Waals surface area contributed by atoms with Crippen molar-refractivity contribution < 1.29 is 90.1 Å². The summed E-state index contributed by atoms with van der Waals surface area (Å²) in [5.74, 6) is 1.52. The van der Waals surface area contributed by atoms with E-state index in [1.807, 2.05) is 145 Å². The van der Waals surface area contributed by atoms with E-state index in [9.17, 15) is 47.4 Å². The predicted octanol–water partition coefficient (Wildman–Crippen LogP) is 29.6. The summed E-state index contributed by atoms with van der Waals surface area (Å²) in [6, 6.07) is 47.9. The molecule has 7 aromatic rings. The number of esters is 7. The molecule has 10 unspecified atom stereocenters. The van der Waals surface area contributed by atoms with Crippen molar-refractivity contribution in [3.63, 3.8) is 0 Å². The second kappa shape index (κ2) is 43.5. The van der Waals surface area contributed by atoms with Crippen molar-refractivity contribution in [3.05, 3.63) is 162 Å². The van der Waals surface area contributed by atoms with E-state index >= 15 is 0 Å². The van der Waals surface area contributed by atoms with E-state index in [0.29, 0.717) is 54.9 Å². The van der Waals surface area contributed by atoms with Crippen LogP contribution in [0.1, 0.15) is 360 Å². The Balaban J connectivity index is 0.000000161. The predicted molar refractivity (Wildman–Crippen MR) is 537 cm³/mol. The Morgan fingerprint density at radius 1 is 0.500 bits per heavy atom. The number of carbonyl (C=O) groups excluding carboxylic acids is 7. The highest BCUT2D eigenvalue weighted by Gasteiger charge is 2.65. The largest absolute Gasteiger partial charge is 0.507 e. The number of benzene rings is 6. The normalized spacial score (nSPS) is 25.3. The lowest BCUT2D eigenvalue weighted by atomic mass is 9.48. The highest BCUT2D eigenvalue weighted by molar-refractivity contribution is 7.50. The summed E-state index contributed by atoms with van der Waals surface area (Å²) in [6.07, 6.45) is 25.2. The van der Waals surface area contributed by atoms with Crippen LogP contribution < -0.4 is 14.2 Å². The molecule has 1 aliphatic heterocycles. The monoisotopic (exact) mass is 1900 g/mol. The number of phenols is 1. The van der Waals surface area contributed by atoms with Gasteiger partial charge >= 0.3 is 41.8 Å². The van der Waals surface area contributed by atoms with Crippen molar-refractivity contribution in [2.24, 2.45) is 68.0 Å². The van der Waals surface area contributed by atoms with Crippen molar-refractivity contribution in [3.8, 4) is 27.9 Å². The number of hydrogen-bond donors (Lipinski definition) is 1. The fourth-order valence-electron chi connectivity index (χ4n) is 21.6. The number of ether oxygens (including phenoxy) is 9.